The molecule has 2 aromatic heterocycles. The standard InChI is InChI=1S/C20H19N3O3S/c1-3-4-7-12-25-18-13-15(9-10-17(18)24-2)19-22-23-20(26-19)27-14-16-8-5-6-11-21-16/h1,5-6,8-11,13H,4,7,12,14H2,2H3. The van der Waals surface area contributed by atoms with E-state index < -0.39 is 0 Å². The van der Waals surface area contributed by atoms with Crippen molar-refractivity contribution in [2.75, 3.05) is 13.7 Å². The van der Waals surface area contributed by atoms with Gasteiger partial charge in [-0.15, -0.1) is 22.5 Å². The van der Waals surface area contributed by atoms with Crippen molar-refractivity contribution in [1.82, 2.24) is 15.2 Å². The lowest BCUT2D eigenvalue weighted by Crippen LogP contribution is -1.99. The maximum atomic E-state index is 5.78. The Morgan fingerprint density at radius 1 is 1.19 bits per heavy atom. The monoisotopic (exact) mass is 381 g/mol. The molecule has 7 heteroatoms. The van der Waals surface area contributed by atoms with E-state index in [1.165, 1.54) is 11.8 Å². The number of pyridine rings is 1. The van der Waals surface area contributed by atoms with E-state index in [0.717, 1.165) is 17.7 Å². The topological polar surface area (TPSA) is 70.3 Å². The van der Waals surface area contributed by atoms with Crippen molar-refractivity contribution < 1.29 is 13.9 Å². The molecule has 3 aromatic rings. The highest BCUT2D eigenvalue weighted by Gasteiger charge is 2.13. The van der Waals surface area contributed by atoms with Gasteiger partial charge in [-0.1, -0.05) is 17.8 Å². The molecule has 0 spiro atoms. The molecule has 2 heterocycles. The van der Waals surface area contributed by atoms with Gasteiger partial charge in [-0.25, -0.2) is 0 Å². The summed E-state index contributed by atoms with van der Waals surface area (Å²) >= 11 is 1.44. The smallest absolute Gasteiger partial charge is 0.277 e. The fraction of sp³-hybridized carbons (Fsp3) is 0.250. The van der Waals surface area contributed by atoms with Crippen molar-refractivity contribution in [3.05, 3.63) is 48.3 Å². The fourth-order valence-electron chi connectivity index (χ4n) is 2.28. The summed E-state index contributed by atoms with van der Waals surface area (Å²) in [6.07, 6.45) is 8.47. The van der Waals surface area contributed by atoms with Gasteiger partial charge in [-0.2, -0.15) is 0 Å². The normalized spacial score (nSPS) is 10.4. The Balaban J connectivity index is 1.68. The Kier molecular flexibility index (Phi) is 6.72. The van der Waals surface area contributed by atoms with E-state index in [4.69, 9.17) is 20.3 Å². The molecule has 0 amide bonds. The lowest BCUT2D eigenvalue weighted by Gasteiger charge is -2.10. The summed E-state index contributed by atoms with van der Waals surface area (Å²) in [7, 11) is 1.60. The van der Waals surface area contributed by atoms with Crippen molar-refractivity contribution in [3.8, 4) is 35.3 Å². The fourth-order valence-corrected chi connectivity index (χ4v) is 2.96. The Morgan fingerprint density at radius 2 is 2.11 bits per heavy atom. The van der Waals surface area contributed by atoms with Crippen LogP contribution in [-0.2, 0) is 5.75 Å². The molecule has 0 saturated heterocycles. The summed E-state index contributed by atoms with van der Waals surface area (Å²) in [6.45, 7) is 0.513. The highest BCUT2D eigenvalue weighted by molar-refractivity contribution is 7.98. The summed E-state index contributed by atoms with van der Waals surface area (Å²) < 4.78 is 16.9. The summed E-state index contributed by atoms with van der Waals surface area (Å²) in [5, 5.41) is 8.70. The molecule has 138 valence electrons. The van der Waals surface area contributed by atoms with Crippen LogP contribution in [0.25, 0.3) is 11.5 Å². The van der Waals surface area contributed by atoms with E-state index in [1.807, 2.05) is 36.4 Å². The molecule has 0 aliphatic carbocycles. The van der Waals surface area contributed by atoms with Gasteiger partial charge in [0.25, 0.3) is 5.22 Å². The first kappa shape index (κ1) is 18.8. The van der Waals surface area contributed by atoms with Crippen LogP contribution in [0, 0.1) is 12.3 Å². The van der Waals surface area contributed by atoms with Crippen molar-refractivity contribution >= 4 is 11.8 Å². The van der Waals surface area contributed by atoms with Crippen LogP contribution < -0.4 is 9.47 Å². The van der Waals surface area contributed by atoms with Crippen LogP contribution in [0.4, 0.5) is 0 Å². The van der Waals surface area contributed by atoms with E-state index >= 15 is 0 Å². The molecule has 0 N–H and O–H groups in total. The third-order valence-corrected chi connectivity index (χ3v) is 4.46. The van der Waals surface area contributed by atoms with Gasteiger partial charge in [0.15, 0.2) is 11.5 Å². The van der Waals surface area contributed by atoms with Crippen LogP contribution in [-0.4, -0.2) is 28.9 Å². The molecule has 0 radical (unpaired) electrons. The van der Waals surface area contributed by atoms with E-state index in [0.29, 0.717) is 41.4 Å². The molecule has 0 aliphatic rings. The second kappa shape index (κ2) is 9.64. The molecule has 0 atom stereocenters. The number of rotatable bonds is 9. The van der Waals surface area contributed by atoms with Gasteiger partial charge in [0, 0.05) is 23.9 Å². The SMILES string of the molecule is C#CCCCOc1cc(-c2nnc(SCc3ccccn3)o2)ccc1OC. The number of methoxy groups -OCH3 is 1. The third-order valence-electron chi connectivity index (χ3n) is 3.61. The Bertz CT molecular complexity index is 906. The van der Waals surface area contributed by atoms with Crippen LogP contribution in [0.3, 0.4) is 0 Å². The lowest BCUT2D eigenvalue weighted by atomic mass is 10.2. The van der Waals surface area contributed by atoms with Crippen molar-refractivity contribution in [1.29, 1.82) is 0 Å². The molecule has 0 saturated carbocycles. The molecule has 6 nitrogen and oxygen atoms in total. The number of aromatic nitrogens is 3. The predicted molar refractivity (Wildman–Crippen MR) is 104 cm³/mol. The first-order valence-corrected chi connectivity index (χ1v) is 9.39. The molecule has 0 fully saturated rings. The molecule has 0 unspecified atom stereocenters. The minimum Gasteiger partial charge on any atom is -0.493 e. The number of terminal acetylenes is 1. The average Bonchev–Trinajstić information content (AvgIpc) is 3.19. The highest BCUT2D eigenvalue weighted by atomic mass is 32.2. The second-order valence-corrected chi connectivity index (χ2v) is 6.43. The van der Waals surface area contributed by atoms with Crippen LogP contribution in [0.15, 0.2) is 52.2 Å². The number of ether oxygens (including phenoxy) is 2. The minimum atomic E-state index is 0.426. The van der Waals surface area contributed by atoms with Gasteiger partial charge in [0.05, 0.1) is 19.4 Å². The number of nitrogens with zero attached hydrogens (tertiary/aromatic N) is 3. The minimum absolute atomic E-state index is 0.426. The lowest BCUT2D eigenvalue weighted by molar-refractivity contribution is 0.291. The molecule has 1 aromatic carbocycles. The van der Waals surface area contributed by atoms with E-state index in [1.54, 1.807) is 13.3 Å². The summed E-state index contributed by atoms with van der Waals surface area (Å²) in [4.78, 5) is 4.28. The zero-order valence-electron chi connectivity index (χ0n) is 14.9. The van der Waals surface area contributed by atoms with Crippen LogP contribution >= 0.6 is 11.8 Å². The molecule has 3 rings (SSSR count). The number of benzene rings is 1. The van der Waals surface area contributed by atoms with E-state index in [-0.39, 0.29) is 0 Å². The molecular weight excluding hydrogens is 362 g/mol. The van der Waals surface area contributed by atoms with E-state index in [2.05, 4.69) is 21.1 Å². The van der Waals surface area contributed by atoms with Gasteiger partial charge in [0.1, 0.15) is 0 Å². The van der Waals surface area contributed by atoms with Crippen LogP contribution in [0.5, 0.6) is 11.5 Å². The largest absolute Gasteiger partial charge is 0.493 e. The Morgan fingerprint density at radius 3 is 2.89 bits per heavy atom. The van der Waals surface area contributed by atoms with Gasteiger partial charge < -0.3 is 13.9 Å². The van der Waals surface area contributed by atoms with Crippen LogP contribution in [0.1, 0.15) is 18.5 Å². The zero-order chi connectivity index (χ0) is 18.9. The van der Waals surface area contributed by atoms with E-state index in [9.17, 15) is 0 Å². The molecule has 27 heavy (non-hydrogen) atoms. The third kappa shape index (κ3) is 5.25. The predicted octanol–water partition coefficient (Wildman–Crippen LogP) is 4.22. The summed E-state index contributed by atoms with van der Waals surface area (Å²) in [5.41, 5.74) is 1.72. The summed E-state index contributed by atoms with van der Waals surface area (Å²) in [6, 6.07) is 11.3. The molecule has 0 aliphatic heterocycles. The number of hydrogen-bond acceptors (Lipinski definition) is 7. The maximum Gasteiger partial charge on any atom is 0.277 e. The van der Waals surface area contributed by atoms with Gasteiger partial charge in [0.2, 0.25) is 5.89 Å². The average molecular weight is 381 g/mol. The Labute approximate surface area is 162 Å². The zero-order valence-corrected chi connectivity index (χ0v) is 15.7. The van der Waals surface area contributed by atoms with Crippen molar-refractivity contribution in [2.45, 2.75) is 23.8 Å². The number of unbranched alkanes of at least 4 members (excludes halogenated alkanes) is 1. The van der Waals surface area contributed by atoms with Gasteiger partial charge in [-0.05, 0) is 36.8 Å². The second-order valence-electron chi connectivity index (χ2n) is 5.50. The van der Waals surface area contributed by atoms with Crippen molar-refractivity contribution in [2.24, 2.45) is 0 Å². The highest BCUT2D eigenvalue weighted by Crippen LogP contribution is 2.33. The van der Waals surface area contributed by atoms with Crippen molar-refractivity contribution in [3.63, 3.8) is 0 Å². The quantitative estimate of drug-likeness (QED) is 0.312. The first-order chi connectivity index (χ1) is 13.3. The summed E-state index contributed by atoms with van der Waals surface area (Å²) in [5.74, 6) is 4.94. The molecule has 0 bridgehead atoms. The first-order valence-electron chi connectivity index (χ1n) is 8.41. The van der Waals surface area contributed by atoms with Gasteiger partial charge in [-0.3, -0.25) is 4.98 Å². The van der Waals surface area contributed by atoms with Crippen LogP contribution in [0.2, 0.25) is 0 Å². The number of hydrogen-bond donors (Lipinski definition) is 0. The molecular formula is C20H19N3O3S. The number of thioether (sulfide) groups is 1. The maximum absolute atomic E-state index is 5.78. The van der Waals surface area contributed by atoms with Gasteiger partial charge >= 0.3 is 0 Å². The Hall–Kier alpha value is -2.98.